The number of hydrogen-bond donors (Lipinski definition) is 2. The van der Waals surface area contributed by atoms with Crippen LogP contribution in [0.1, 0.15) is 23.7 Å². The Hall–Kier alpha value is -0.940. The number of aliphatic hydroxyl groups is 1. The molecule has 0 aromatic carbocycles. The molecule has 0 saturated carbocycles. The third kappa shape index (κ3) is 3.60. The molecule has 1 rings (SSSR count). The van der Waals surface area contributed by atoms with E-state index in [1.54, 1.807) is 12.3 Å². The Morgan fingerprint density at radius 1 is 1.67 bits per heavy atom. The maximum Gasteiger partial charge on any atom is 0.253 e. The van der Waals surface area contributed by atoms with E-state index >= 15 is 0 Å². The molecule has 0 aliphatic heterocycles. The van der Waals surface area contributed by atoms with Crippen LogP contribution in [-0.2, 0) is 0 Å². The third-order valence-electron chi connectivity index (χ3n) is 2.02. The van der Waals surface area contributed by atoms with Gasteiger partial charge in [-0.2, -0.15) is 0 Å². The third-order valence-corrected chi connectivity index (χ3v) is 2.45. The van der Waals surface area contributed by atoms with Gasteiger partial charge in [-0.15, -0.1) is 0 Å². The highest BCUT2D eigenvalue weighted by molar-refractivity contribution is 9.10. The highest BCUT2D eigenvalue weighted by atomic mass is 79.9. The number of aromatic nitrogens is 1. The second kappa shape index (κ2) is 5.82. The number of carbonyl (C=O) groups excluding carboxylic acids is 1. The average Bonchev–Trinajstić information content (AvgIpc) is 2.25. The Morgan fingerprint density at radius 3 is 2.93 bits per heavy atom. The van der Waals surface area contributed by atoms with E-state index in [4.69, 9.17) is 5.11 Å². The summed E-state index contributed by atoms with van der Waals surface area (Å²) < 4.78 is 0.757. The highest BCUT2D eigenvalue weighted by Gasteiger charge is 2.11. The minimum atomic E-state index is -0.218. The number of aliphatic hydroxyl groups excluding tert-OH is 1. The minimum absolute atomic E-state index is 0.0519. The quantitative estimate of drug-likeness (QED) is 0.870. The van der Waals surface area contributed by atoms with Crippen molar-refractivity contribution in [3.8, 4) is 0 Å². The van der Waals surface area contributed by atoms with Gasteiger partial charge in [-0.1, -0.05) is 6.92 Å². The van der Waals surface area contributed by atoms with E-state index in [2.05, 4.69) is 26.2 Å². The van der Waals surface area contributed by atoms with Crippen LogP contribution in [-0.4, -0.2) is 28.6 Å². The Morgan fingerprint density at radius 2 is 2.40 bits per heavy atom. The molecule has 1 aromatic rings. The second-order valence-corrected chi connectivity index (χ2v) is 4.07. The summed E-state index contributed by atoms with van der Waals surface area (Å²) in [5, 5.41) is 11.6. The number of amides is 1. The highest BCUT2D eigenvalue weighted by Crippen LogP contribution is 2.09. The molecule has 1 aromatic heterocycles. The van der Waals surface area contributed by atoms with E-state index in [-0.39, 0.29) is 18.6 Å². The molecule has 1 atom stereocenters. The van der Waals surface area contributed by atoms with Crippen LogP contribution in [0.15, 0.2) is 22.9 Å². The molecule has 0 spiro atoms. The lowest BCUT2D eigenvalue weighted by Crippen LogP contribution is -2.36. The van der Waals surface area contributed by atoms with Crippen LogP contribution in [0.4, 0.5) is 0 Å². The van der Waals surface area contributed by atoms with E-state index in [1.807, 2.05) is 6.92 Å². The molecule has 5 heteroatoms. The molecule has 0 bridgehead atoms. The topological polar surface area (TPSA) is 62.2 Å². The molecule has 0 saturated heterocycles. The normalized spacial score (nSPS) is 12.2. The van der Waals surface area contributed by atoms with Crippen molar-refractivity contribution in [2.75, 3.05) is 6.61 Å². The lowest BCUT2D eigenvalue weighted by atomic mass is 10.2. The van der Waals surface area contributed by atoms with Gasteiger partial charge in [0.25, 0.3) is 5.91 Å². The van der Waals surface area contributed by atoms with Crippen molar-refractivity contribution in [1.82, 2.24) is 10.3 Å². The molecular weight excluding hydrogens is 260 g/mol. The van der Waals surface area contributed by atoms with Crippen LogP contribution in [0.2, 0.25) is 0 Å². The van der Waals surface area contributed by atoms with Gasteiger partial charge in [0, 0.05) is 16.9 Å². The molecule has 4 nitrogen and oxygen atoms in total. The fourth-order valence-corrected chi connectivity index (χ4v) is 1.45. The van der Waals surface area contributed by atoms with Crippen LogP contribution in [0.25, 0.3) is 0 Å². The smallest absolute Gasteiger partial charge is 0.253 e. The summed E-state index contributed by atoms with van der Waals surface area (Å²) in [6.07, 6.45) is 3.80. The van der Waals surface area contributed by atoms with Gasteiger partial charge in [-0.3, -0.25) is 9.78 Å². The standard InChI is InChI=1S/C10H13BrN2O2/c1-2-9(6-14)13-10(15)7-3-8(11)5-12-4-7/h3-5,9,14H,2,6H2,1H3,(H,13,15)/t9-/m1/s1. The molecule has 0 aliphatic rings. The molecule has 82 valence electrons. The molecule has 1 amide bonds. The van der Waals surface area contributed by atoms with Crippen LogP contribution < -0.4 is 5.32 Å². The van der Waals surface area contributed by atoms with Crippen molar-refractivity contribution in [2.45, 2.75) is 19.4 Å². The first-order valence-electron chi connectivity index (χ1n) is 4.69. The predicted molar refractivity (Wildman–Crippen MR) is 60.6 cm³/mol. The maximum absolute atomic E-state index is 11.6. The van der Waals surface area contributed by atoms with Crippen molar-refractivity contribution in [3.63, 3.8) is 0 Å². The zero-order chi connectivity index (χ0) is 11.3. The molecule has 0 unspecified atom stereocenters. The SMILES string of the molecule is CC[C@H](CO)NC(=O)c1cncc(Br)c1. The fourth-order valence-electron chi connectivity index (χ4n) is 1.08. The minimum Gasteiger partial charge on any atom is -0.394 e. The number of carbonyl (C=O) groups is 1. The Bertz CT molecular complexity index is 340. The van der Waals surface area contributed by atoms with Crippen molar-refractivity contribution in [1.29, 1.82) is 0 Å². The summed E-state index contributed by atoms with van der Waals surface area (Å²) in [4.78, 5) is 15.5. The van der Waals surface area contributed by atoms with Gasteiger partial charge in [0.05, 0.1) is 18.2 Å². The molecule has 0 aliphatic carbocycles. The molecule has 15 heavy (non-hydrogen) atoms. The molecule has 0 radical (unpaired) electrons. The zero-order valence-electron chi connectivity index (χ0n) is 8.40. The van der Waals surface area contributed by atoms with Crippen LogP contribution in [0, 0.1) is 0 Å². The van der Waals surface area contributed by atoms with Gasteiger partial charge in [0.2, 0.25) is 0 Å². The van der Waals surface area contributed by atoms with Crippen molar-refractivity contribution >= 4 is 21.8 Å². The summed E-state index contributed by atoms with van der Waals surface area (Å²) in [5.41, 5.74) is 0.483. The van der Waals surface area contributed by atoms with E-state index in [9.17, 15) is 4.79 Å². The van der Waals surface area contributed by atoms with Crippen LogP contribution in [0.3, 0.4) is 0 Å². The second-order valence-electron chi connectivity index (χ2n) is 3.15. The lowest BCUT2D eigenvalue weighted by molar-refractivity contribution is 0.0914. The zero-order valence-corrected chi connectivity index (χ0v) is 9.99. The van der Waals surface area contributed by atoms with E-state index in [0.29, 0.717) is 12.0 Å². The maximum atomic E-state index is 11.6. The van der Waals surface area contributed by atoms with Crippen LogP contribution >= 0.6 is 15.9 Å². The predicted octanol–water partition coefficient (Wildman–Crippen LogP) is 1.34. The van der Waals surface area contributed by atoms with Gasteiger partial charge in [0.1, 0.15) is 0 Å². The number of pyridine rings is 1. The Balaban J connectivity index is 2.68. The van der Waals surface area contributed by atoms with Gasteiger partial charge in [-0.25, -0.2) is 0 Å². The van der Waals surface area contributed by atoms with E-state index in [1.165, 1.54) is 6.20 Å². The van der Waals surface area contributed by atoms with Gasteiger partial charge < -0.3 is 10.4 Å². The number of halogens is 1. The molecular formula is C10H13BrN2O2. The van der Waals surface area contributed by atoms with E-state index < -0.39 is 0 Å². The van der Waals surface area contributed by atoms with Gasteiger partial charge in [0.15, 0.2) is 0 Å². The van der Waals surface area contributed by atoms with Gasteiger partial charge >= 0.3 is 0 Å². The summed E-state index contributed by atoms with van der Waals surface area (Å²) in [6, 6.07) is 1.49. The lowest BCUT2D eigenvalue weighted by Gasteiger charge is -2.13. The first kappa shape index (κ1) is 12.1. The summed E-state index contributed by atoms with van der Waals surface area (Å²) in [5.74, 6) is -0.218. The number of hydrogen-bond acceptors (Lipinski definition) is 3. The number of nitrogens with zero attached hydrogens (tertiary/aromatic N) is 1. The van der Waals surface area contributed by atoms with Crippen molar-refractivity contribution in [2.24, 2.45) is 0 Å². The Labute approximate surface area is 96.8 Å². The van der Waals surface area contributed by atoms with Crippen molar-refractivity contribution in [3.05, 3.63) is 28.5 Å². The largest absolute Gasteiger partial charge is 0.394 e. The van der Waals surface area contributed by atoms with Crippen molar-refractivity contribution < 1.29 is 9.90 Å². The molecule has 2 N–H and O–H groups in total. The first-order chi connectivity index (χ1) is 7.17. The monoisotopic (exact) mass is 272 g/mol. The summed E-state index contributed by atoms with van der Waals surface area (Å²) in [7, 11) is 0. The summed E-state index contributed by atoms with van der Waals surface area (Å²) >= 11 is 3.24. The fraction of sp³-hybridized carbons (Fsp3) is 0.400. The molecule has 1 heterocycles. The molecule has 0 fully saturated rings. The Kier molecular flexibility index (Phi) is 4.71. The first-order valence-corrected chi connectivity index (χ1v) is 5.49. The van der Waals surface area contributed by atoms with Gasteiger partial charge in [-0.05, 0) is 28.4 Å². The summed E-state index contributed by atoms with van der Waals surface area (Å²) in [6.45, 7) is 1.85. The number of nitrogens with one attached hydrogen (secondary N) is 1. The van der Waals surface area contributed by atoms with Crippen LogP contribution in [0.5, 0.6) is 0 Å². The van der Waals surface area contributed by atoms with E-state index in [0.717, 1.165) is 4.47 Å². The number of rotatable bonds is 4. The average molecular weight is 273 g/mol.